The number of urea groups is 1. The number of carbonyl (C=O) groups is 3. The smallest absolute Gasteiger partial charge is 0.437 e. The van der Waals surface area contributed by atoms with Crippen LogP contribution in [0.15, 0.2) is 17.1 Å². The predicted molar refractivity (Wildman–Crippen MR) is 129 cm³/mol. The van der Waals surface area contributed by atoms with Gasteiger partial charge in [-0.2, -0.15) is 0 Å². The van der Waals surface area contributed by atoms with Crippen molar-refractivity contribution in [3.8, 4) is 0 Å². The molecular formula is C23H34F2N6O5. The van der Waals surface area contributed by atoms with Crippen LogP contribution in [-0.2, 0) is 16.0 Å². The molecule has 200 valence electrons. The van der Waals surface area contributed by atoms with E-state index in [1.165, 1.54) is 28.8 Å². The van der Waals surface area contributed by atoms with Gasteiger partial charge >= 0.3 is 18.2 Å². The van der Waals surface area contributed by atoms with Crippen LogP contribution in [0.25, 0.3) is 0 Å². The topological polar surface area (TPSA) is 121 Å². The van der Waals surface area contributed by atoms with Gasteiger partial charge in [0.15, 0.2) is 5.82 Å². The fraction of sp³-hybridized carbons (Fsp3) is 0.565. The Morgan fingerprint density at radius 2 is 1.56 bits per heavy atom. The minimum Gasteiger partial charge on any atom is -0.443 e. The number of anilines is 1. The minimum absolute atomic E-state index is 0.0574. The van der Waals surface area contributed by atoms with Crippen molar-refractivity contribution in [3.63, 3.8) is 0 Å². The highest BCUT2D eigenvalue weighted by molar-refractivity contribution is 5.99. The first-order chi connectivity index (χ1) is 16.4. The van der Waals surface area contributed by atoms with Crippen LogP contribution in [0.2, 0.25) is 0 Å². The molecule has 1 aromatic rings. The van der Waals surface area contributed by atoms with Crippen molar-refractivity contribution in [1.29, 1.82) is 0 Å². The van der Waals surface area contributed by atoms with Gasteiger partial charge in [0.05, 0.1) is 19.9 Å². The van der Waals surface area contributed by atoms with Crippen LogP contribution in [0.3, 0.4) is 0 Å². The molecule has 1 aromatic carbocycles. The number of nitrogens with two attached hydrogens (primary N) is 1. The standard InChI is InChI=1S/C23H34F2N6O5/c1-22(2,3)35-19(32)27-18(30-12-28(7)20(33)29(8)13-30)31(21(34)36-23(4,5)6)11-14-9-10-15(24)17(26)16(14)25/h9-10H,11-13,26H2,1-8H3/b27-18+. The lowest BCUT2D eigenvalue weighted by atomic mass is 10.1. The van der Waals surface area contributed by atoms with Gasteiger partial charge in [0.1, 0.15) is 22.7 Å². The first-order valence-corrected chi connectivity index (χ1v) is 11.2. The van der Waals surface area contributed by atoms with E-state index in [-0.39, 0.29) is 30.9 Å². The number of carbonyl (C=O) groups excluding carboxylic acids is 3. The molecule has 2 N–H and O–H groups in total. The molecular weight excluding hydrogens is 478 g/mol. The predicted octanol–water partition coefficient (Wildman–Crippen LogP) is 3.79. The summed E-state index contributed by atoms with van der Waals surface area (Å²) in [6.45, 7) is 9.19. The highest BCUT2D eigenvalue weighted by Gasteiger charge is 2.36. The fourth-order valence-corrected chi connectivity index (χ4v) is 3.20. The third kappa shape index (κ3) is 7.43. The minimum atomic E-state index is -1.07. The van der Waals surface area contributed by atoms with Gasteiger partial charge in [0, 0.05) is 19.7 Å². The number of hydrogen-bond acceptors (Lipinski definition) is 6. The van der Waals surface area contributed by atoms with Crippen LogP contribution >= 0.6 is 0 Å². The molecule has 0 bridgehead atoms. The zero-order valence-electron chi connectivity index (χ0n) is 21.9. The molecule has 0 atom stereocenters. The summed E-state index contributed by atoms with van der Waals surface area (Å²) in [6.07, 6.45) is -1.98. The maximum atomic E-state index is 14.8. The highest BCUT2D eigenvalue weighted by atomic mass is 19.1. The number of benzene rings is 1. The van der Waals surface area contributed by atoms with Crippen LogP contribution < -0.4 is 5.73 Å². The van der Waals surface area contributed by atoms with Crippen LogP contribution in [0.5, 0.6) is 0 Å². The van der Waals surface area contributed by atoms with Gasteiger partial charge in [-0.25, -0.2) is 28.1 Å². The first-order valence-electron chi connectivity index (χ1n) is 11.2. The van der Waals surface area contributed by atoms with Gasteiger partial charge in [-0.1, -0.05) is 6.07 Å². The van der Waals surface area contributed by atoms with Crippen molar-refractivity contribution in [2.24, 2.45) is 4.99 Å². The zero-order chi connectivity index (χ0) is 27.6. The molecule has 1 aliphatic rings. The van der Waals surface area contributed by atoms with Gasteiger partial charge in [0.25, 0.3) is 0 Å². The summed E-state index contributed by atoms with van der Waals surface area (Å²) in [4.78, 5) is 47.4. The summed E-state index contributed by atoms with van der Waals surface area (Å²) in [6, 6.07) is 1.79. The van der Waals surface area contributed by atoms with E-state index in [0.717, 1.165) is 17.0 Å². The maximum absolute atomic E-state index is 14.8. The van der Waals surface area contributed by atoms with E-state index < -0.39 is 47.3 Å². The Hall–Kier alpha value is -3.64. The van der Waals surface area contributed by atoms with E-state index >= 15 is 0 Å². The fourth-order valence-electron chi connectivity index (χ4n) is 3.20. The van der Waals surface area contributed by atoms with Gasteiger partial charge in [-0.05, 0) is 47.6 Å². The molecule has 0 radical (unpaired) electrons. The largest absolute Gasteiger partial charge is 0.443 e. The molecule has 0 aliphatic carbocycles. The normalized spacial score (nSPS) is 15.2. The zero-order valence-corrected chi connectivity index (χ0v) is 21.9. The average Bonchev–Trinajstić information content (AvgIpc) is 2.71. The second kappa shape index (κ2) is 10.5. The number of guanidine groups is 1. The summed E-state index contributed by atoms with van der Waals surface area (Å²) >= 11 is 0. The summed E-state index contributed by atoms with van der Waals surface area (Å²) in [7, 11) is 3.04. The SMILES string of the molecule is CN1CN(/C(=N\C(=O)OC(C)(C)C)N(Cc2ccc(F)c(N)c2F)C(=O)OC(C)(C)C)CN(C)C1=O. The number of halogens is 2. The molecule has 2 rings (SSSR count). The first kappa shape index (κ1) is 28.6. The number of ether oxygens (including phenoxy) is 2. The van der Waals surface area contributed by atoms with Gasteiger partial charge < -0.3 is 29.9 Å². The molecule has 1 fully saturated rings. The highest BCUT2D eigenvalue weighted by Crippen LogP contribution is 2.23. The number of hydrogen-bond donors (Lipinski definition) is 1. The van der Waals surface area contributed by atoms with E-state index in [4.69, 9.17) is 15.2 Å². The van der Waals surface area contributed by atoms with E-state index in [2.05, 4.69) is 4.99 Å². The third-order valence-corrected chi connectivity index (χ3v) is 4.68. The molecule has 1 aliphatic heterocycles. The number of nitrogens with zero attached hydrogens (tertiary/aromatic N) is 5. The number of rotatable bonds is 2. The lowest BCUT2D eigenvalue weighted by molar-refractivity contribution is 0.0299. The molecule has 0 saturated carbocycles. The van der Waals surface area contributed by atoms with Crippen LogP contribution in [0.1, 0.15) is 47.1 Å². The molecule has 0 aromatic heterocycles. The monoisotopic (exact) mass is 512 g/mol. The van der Waals surface area contributed by atoms with Crippen LogP contribution in [0, 0.1) is 11.6 Å². The van der Waals surface area contributed by atoms with E-state index in [1.807, 2.05) is 0 Å². The summed E-state index contributed by atoms with van der Waals surface area (Å²) in [5.41, 5.74) is 2.79. The quantitative estimate of drug-likeness (QED) is 0.364. The molecule has 4 amide bonds. The third-order valence-electron chi connectivity index (χ3n) is 4.68. The molecule has 0 spiro atoms. The van der Waals surface area contributed by atoms with E-state index in [0.29, 0.717) is 0 Å². The Bertz CT molecular complexity index is 1040. The Kier molecular flexibility index (Phi) is 8.38. The second-order valence-electron chi connectivity index (χ2n) is 10.4. The Morgan fingerprint density at radius 3 is 2.06 bits per heavy atom. The van der Waals surface area contributed by atoms with Crippen LogP contribution in [0.4, 0.5) is 28.9 Å². The van der Waals surface area contributed by atoms with E-state index in [1.54, 1.807) is 41.5 Å². The maximum Gasteiger partial charge on any atom is 0.437 e. The van der Waals surface area contributed by atoms with Crippen molar-refractivity contribution in [1.82, 2.24) is 19.6 Å². The second-order valence-corrected chi connectivity index (χ2v) is 10.4. The van der Waals surface area contributed by atoms with Crippen molar-refractivity contribution < 1.29 is 32.6 Å². The lowest BCUT2D eigenvalue weighted by Gasteiger charge is -2.42. The Balaban J connectivity index is 2.64. The molecule has 11 nitrogen and oxygen atoms in total. The number of amides is 4. The molecule has 36 heavy (non-hydrogen) atoms. The number of nitrogen functional groups attached to an aromatic ring is 1. The van der Waals surface area contributed by atoms with E-state index in [9.17, 15) is 23.2 Å². The van der Waals surface area contributed by atoms with Gasteiger partial charge in [0.2, 0.25) is 5.96 Å². The lowest BCUT2D eigenvalue weighted by Crippen LogP contribution is -2.60. The summed E-state index contributed by atoms with van der Waals surface area (Å²) in [5.74, 6) is -2.28. The summed E-state index contributed by atoms with van der Waals surface area (Å²) < 4.78 is 39.4. The Morgan fingerprint density at radius 1 is 1.03 bits per heavy atom. The summed E-state index contributed by atoms with van der Waals surface area (Å²) in [5, 5.41) is 0. The molecule has 1 saturated heterocycles. The average molecular weight is 513 g/mol. The molecule has 1 heterocycles. The van der Waals surface area contributed by atoms with Gasteiger partial charge in [-0.3, -0.25) is 0 Å². The van der Waals surface area contributed by atoms with Crippen molar-refractivity contribution >= 4 is 29.9 Å². The number of aliphatic imine (C=N–C) groups is 1. The van der Waals surface area contributed by atoms with Crippen molar-refractivity contribution in [2.45, 2.75) is 59.3 Å². The molecule has 0 unspecified atom stereocenters. The van der Waals surface area contributed by atoms with Crippen molar-refractivity contribution in [3.05, 3.63) is 29.3 Å². The van der Waals surface area contributed by atoms with Gasteiger partial charge in [-0.15, -0.1) is 4.99 Å². The molecule has 13 heteroatoms. The van der Waals surface area contributed by atoms with Crippen molar-refractivity contribution in [2.75, 3.05) is 33.2 Å². The Labute approximate surface area is 209 Å². The van der Waals surface area contributed by atoms with Crippen LogP contribution in [-0.4, -0.2) is 82.4 Å².